The number of carboxylic acid groups (broad SMARTS) is 1. The molecule has 8 rings (SSSR count). The molecule has 4 aromatic heterocycles. The first-order valence-electron chi connectivity index (χ1n) is 28.3. The number of aliphatic carboxylic acids is 1. The second kappa shape index (κ2) is 31.0. The number of urea groups is 1. The Morgan fingerprint density at radius 3 is 1.97 bits per heavy atom. The number of carbonyl (C=O) groups excluding carboxylic acids is 6. The van der Waals surface area contributed by atoms with Crippen LogP contribution >= 0.6 is 13.4 Å². The van der Waals surface area contributed by atoms with Gasteiger partial charge in [-0.2, -0.15) is 0 Å². The molecule has 0 spiro atoms. The van der Waals surface area contributed by atoms with E-state index in [9.17, 15) is 48.5 Å². The molecule has 0 aliphatic carbocycles. The highest BCUT2D eigenvalue weighted by Gasteiger charge is 2.54. The summed E-state index contributed by atoms with van der Waals surface area (Å²) in [5.41, 5.74) is 12.3. The minimum Gasteiger partial charge on any atom is -0.481 e. The van der Waals surface area contributed by atoms with E-state index in [2.05, 4.69) is 61.8 Å². The van der Waals surface area contributed by atoms with Crippen molar-refractivity contribution in [2.75, 3.05) is 55.8 Å². The maximum Gasteiger partial charge on any atom is 0.407 e. The highest BCUT2D eigenvalue weighted by molar-refractivity contribution is 8.07. The predicted molar refractivity (Wildman–Crippen MR) is 321 cm³/mol. The number of halogens is 2. The molecule has 3 aliphatic heterocycles. The van der Waals surface area contributed by atoms with E-state index in [-0.39, 0.29) is 98.9 Å². The van der Waals surface area contributed by atoms with Crippen molar-refractivity contribution >= 4 is 118 Å². The number of nitrogens with zero attached hydrogens (tertiary/aromatic N) is 8. The number of nitrogen functional groups attached to an aromatic ring is 1. The van der Waals surface area contributed by atoms with E-state index in [4.69, 9.17) is 72.5 Å². The Morgan fingerprint density at radius 2 is 1.37 bits per heavy atom. The monoisotopic (exact) mass is 1360 g/mol. The SMILES string of the molecule is CC(CC(=O)NCCC(=O)N[C@H](C(=O)C[C@@H](CCCNC(N)=O)C(=O)Nc1ccc(COC(=O)NCC(O)CNc2ncnc3c2ncn3[C@@H]2O[C@@H]3COP(O)(=S)O[C@H]4[C@@H](F)[C@H](n5cnc6c(N)ncnc65)O[C@@H]4COP(O)(=S)O[C@H]3[C@H]2F)cc1)C(C)C)C(=O)O. The lowest BCUT2D eigenvalue weighted by atomic mass is 9.89. The summed E-state index contributed by atoms with van der Waals surface area (Å²) >= 11 is 10.5. The first-order valence-corrected chi connectivity index (χ1v) is 33.4. The number of anilines is 3. The van der Waals surface area contributed by atoms with Crippen molar-refractivity contribution in [2.45, 2.75) is 121 Å². The summed E-state index contributed by atoms with van der Waals surface area (Å²) in [4.78, 5) is 135. The van der Waals surface area contributed by atoms with Crippen molar-refractivity contribution in [3.63, 3.8) is 0 Å². The molecule has 0 radical (unpaired) electrons. The summed E-state index contributed by atoms with van der Waals surface area (Å²) in [5, 5.41) is 35.6. The van der Waals surface area contributed by atoms with Gasteiger partial charge in [0.15, 0.2) is 59.0 Å². The third kappa shape index (κ3) is 18.5. The van der Waals surface area contributed by atoms with Gasteiger partial charge in [0.05, 0.1) is 43.9 Å². The van der Waals surface area contributed by atoms with Crippen LogP contribution in [-0.2, 0) is 86.5 Å². The van der Waals surface area contributed by atoms with Crippen LogP contribution in [0.5, 0.6) is 0 Å². The van der Waals surface area contributed by atoms with Crippen molar-refractivity contribution in [1.29, 1.82) is 0 Å². The number of ketones is 1. The number of rotatable bonds is 26. The quantitative estimate of drug-likeness (QED) is 0.0275. The smallest absolute Gasteiger partial charge is 0.407 e. The normalized spacial score (nSPS) is 25.5. The summed E-state index contributed by atoms with van der Waals surface area (Å²) in [7, 11) is 0. The molecule has 3 aliphatic rings. The number of carbonyl (C=O) groups is 7. The Labute approximate surface area is 526 Å². The number of alkyl halides is 2. The van der Waals surface area contributed by atoms with E-state index in [0.29, 0.717) is 11.3 Å². The summed E-state index contributed by atoms with van der Waals surface area (Å²) in [6, 6.07) is 4.46. The van der Waals surface area contributed by atoms with Crippen LogP contribution < -0.4 is 43.4 Å². The van der Waals surface area contributed by atoms with Crippen molar-refractivity contribution < 1.29 is 94.6 Å². The third-order valence-electron chi connectivity index (χ3n) is 14.5. The van der Waals surface area contributed by atoms with Crippen LogP contribution in [0, 0.1) is 17.8 Å². The Hall–Kier alpha value is -7.19. The molecule has 4 unspecified atom stereocenters. The zero-order chi connectivity index (χ0) is 65.9. The molecule has 14 N–H and O–H groups in total. The number of amides is 6. The number of nitrogens with one attached hydrogen (secondary N) is 6. The molecule has 6 amide bonds. The van der Waals surface area contributed by atoms with E-state index in [1.54, 1.807) is 38.1 Å². The number of carboxylic acids is 1. The molecule has 1 aromatic carbocycles. The lowest BCUT2D eigenvalue weighted by Gasteiger charge is -2.29. The molecular weight excluding hydrogens is 1290 g/mol. The Balaban J connectivity index is 0.800. The lowest BCUT2D eigenvalue weighted by Crippen LogP contribution is -2.46. The number of Topliss-reactive ketones (excluding diaryl/α,β-unsaturated/α-hetero) is 1. The predicted octanol–water partition coefficient (Wildman–Crippen LogP) is 1.39. The maximum atomic E-state index is 16.7. The molecule has 5 aromatic rings. The van der Waals surface area contributed by atoms with Crippen molar-refractivity contribution in [3.8, 4) is 0 Å². The van der Waals surface area contributed by atoms with Gasteiger partial charge in [0.2, 0.25) is 17.7 Å². The average Bonchev–Trinajstić information content (AvgIpc) is 1.66. The number of aromatic nitrogens is 8. The summed E-state index contributed by atoms with van der Waals surface area (Å²) < 4.78 is 75.2. The van der Waals surface area contributed by atoms with Gasteiger partial charge >= 0.3 is 31.5 Å². The minimum atomic E-state index is -4.41. The number of aliphatic hydroxyl groups is 1. The fraction of sp³-hybridized carbons (Fsp3) is 0.549. The van der Waals surface area contributed by atoms with Crippen LogP contribution in [0.25, 0.3) is 22.3 Å². The average molecular weight is 1360 g/mol. The molecule has 0 bridgehead atoms. The number of imidazole rings is 2. The Bertz CT molecular complexity index is 3550. The molecule has 3 fully saturated rings. The van der Waals surface area contributed by atoms with Gasteiger partial charge in [0.25, 0.3) is 0 Å². The fourth-order valence-corrected chi connectivity index (χ4v) is 12.6. The lowest BCUT2D eigenvalue weighted by molar-refractivity contribution is -0.143. The fourth-order valence-electron chi connectivity index (χ4n) is 9.77. The highest BCUT2D eigenvalue weighted by atomic mass is 32.5. The number of benzene rings is 1. The summed E-state index contributed by atoms with van der Waals surface area (Å²) in [5.74, 6) is -5.34. The number of primary amides is 1. The number of aliphatic hydroxyl groups excluding tert-OH is 1. The van der Waals surface area contributed by atoms with Crippen molar-refractivity contribution in [1.82, 2.24) is 60.3 Å². The van der Waals surface area contributed by atoms with Gasteiger partial charge in [-0.3, -0.25) is 42.2 Å². The van der Waals surface area contributed by atoms with Gasteiger partial charge in [-0.25, -0.2) is 48.3 Å². The molecule has 91 heavy (non-hydrogen) atoms. The van der Waals surface area contributed by atoms with Crippen LogP contribution in [-0.4, -0.2) is 189 Å². The second-order valence-corrected chi connectivity index (χ2v) is 27.2. The van der Waals surface area contributed by atoms with Gasteiger partial charge in [-0.15, -0.1) is 0 Å². The van der Waals surface area contributed by atoms with Crippen LogP contribution in [0.4, 0.5) is 35.7 Å². The zero-order valence-corrected chi connectivity index (χ0v) is 52.2. The van der Waals surface area contributed by atoms with Crippen LogP contribution in [0.1, 0.15) is 70.9 Å². The summed E-state index contributed by atoms with van der Waals surface area (Å²) in [6.45, 7) is -6.14. The molecular formula is C51H68F2N16O18P2S2. The van der Waals surface area contributed by atoms with Gasteiger partial charge in [-0.05, 0) is 60.1 Å². The van der Waals surface area contributed by atoms with E-state index < -0.39 is 147 Å². The third-order valence-corrected chi connectivity index (χ3v) is 17.6. The summed E-state index contributed by atoms with van der Waals surface area (Å²) in [6.07, 6.45) is -11.4. The minimum absolute atomic E-state index is 0.0165. The molecule has 34 nitrogen and oxygen atoms in total. The van der Waals surface area contributed by atoms with Gasteiger partial charge < -0.3 is 86.6 Å². The van der Waals surface area contributed by atoms with Crippen LogP contribution in [0.15, 0.2) is 49.6 Å². The Kier molecular flexibility index (Phi) is 23.7. The zero-order valence-electron chi connectivity index (χ0n) is 48.8. The second-order valence-electron chi connectivity index (χ2n) is 21.6. The molecule has 7 heterocycles. The van der Waals surface area contributed by atoms with Gasteiger partial charge in [-0.1, -0.05) is 32.9 Å². The van der Waals surface area contributed by atoms with Gasteiger partial charge in [0.1, 0.15) is 49.2 Å². The van der Waals surface area contributed by atoms with E-state index in [1.165, 1.54) is 28.7 Å². The number of hydrogen-bond acceptors (Lipinski definition) is 25. The molecule has 14 atom stereocenters. The molecule has 3 saturated heterocycles. The van der Waals surface area contributed by atoms with E-state index in [1.807, 2.05) is 0 Å². The number of alkyl carbamates (subject to hydrolysis) is 1. The van der Waals surface area contributed by atoms with Crippen molar-refractivity contribution in [2.24, 2.45) is 23.5 Å². The van der Waals surface area contributed by atoms with Gasteiger partial charge in [0, 0.05) is 57.0 Å². The number of nitrogens with two attached hydrogens (primary N) is 2. The molecule has 0 saturated carbocycles. The first kappa shape index (κ1) is 69.7. The number of ether oxygens (including phenoxy) is 3. The van der Waals surface area contributed by atoms with E-state index >= 15 is 8.78 Å². The number of fused-ring (bicyclic) bond motifs is 4. The first-order chi connectivity index (χ1) is 43.2. The maximum absolute atomic E-state index is 16.7. The van der Waals surface area contributed by atoms with Crippen LogP contribution in [0.3, 0.4) is 0 Å². The molecule has 496 valence electrons. The number of hydrogen-bond donors (Lipinski definition) is 12. The highest BCUT2D eigenvalue weighted by Crippen LogP contribution is 2.55. The largest absolute Gasteiger partial charge is 0.481 e. The topological polar surface area (TPSA) is 476 Å². The molecule has 40 heteroatoms. The van der Waals surface area contributed by atoms with E-state index in [0.717, 1.165) is 12.7 Å². The van der Waals surface area contributed by atoms with Crippen LogP contribution in [0.2, 0.25) is 0 Å². The Morgan fingerprint density at radius 1 is 0.780 bits per heavy atom. The van der Waals surface area contributed by atoms with Crippen molar-refractivity contribution in [3.05, 3.63) is 55.1 Å². The standard InChI is InChI=1S/C51H68F2N16O18P2S2/c1-24(2)37(67-33(72)10-12-56-34(73)13-25(3)49(75)76)30(71)14-27(5-4-11-57-50(55)77)46(74)66-28-8-6-26(7-9-28)17-81-51(78)59-16-29(70)15-58-43-39-45(63-21-61-43)69(23-65-39)48-36(53)41-32(85-48)19-83-88(79,90)86-40-31(18-82-89(80,91)87-41)84-47(35(40)52)68-22-64-38-42(54)60-20-62-44(38)68/h6-9,20-25,27,29,31-32,35-37,40-41,47-48,70H,4-5,10-19H2,1-3H3,(H,56,73)(H,59,78)(H,66,74)(H,67,72)(H,75,76)(H,79,90)(H,80,91)(H2,54,60,62)(H3,55,57,77)(H,58,61,63)/t25?,27-,29?,31-,32-,35-,36-,37+,40-,41-,47-,48-,88?,89?/m1/s1.